The van der Waals surface area contributed by atoms with Crippen molar-refractivity contribution in [3.63, 3.8) is 0 Å². The molecule has 1 aromatic carbocycles. The predicted molar refractivity (Wildman–Crippen MR) is 84.7 cm³/mol. The topological polar surface area (TPSA) is 67.4 Å². The van der Waals surface area contributed by atoms with Gasteiger partial charge in [0.2, 0.25) is 11.8 Å². The van der Waals surface area contributed by atoms with Crippen molar-refractivity contribution < 1.29 is 14.3 Å². The Bertz CT molecular complexity index is 549. The van der Waals surface area contributed by atoms with Gasteiger partial charge in [-0.15, -0.1) is 0 Å². The fourth-order valence-corrected chi connectivity index (χ4v) is 2.49. The van der Waals surface area contributed by atoms with Crippen molar-refractivity contribution in [2.75, 3.05) is 13.2 Å². The smallest absolute Gasteiger partial charge is 0.239 e. The summed E-state index contributed by atoms with van der Waals surface area (Å²) >= 11 is 0. The monoisotopic (exact) mass is 304 g/mol. The molecule has 1 aliphatic heterocycles. The van der Waals surface area contributed by atoms with Crippen LogP contribution >= 0.6 is 0 Å². The first-order valence-electron chi connectivity index (χ1n) is 7.64. The Morgan fingerprint density at radius 3 is 2.73 bits per heavy atom. The molecule has 1 atom stereocenters. The Morgan fingerprint density at radius 1 is 1.27 bits per heavy atom. The number of rotatable bonds is 3. The summed E-state index contributed by atoms with van der Waals surface area (Å²) in [5, 5.41) is 5.55. The van der Waals surface area contributed by atoms with Crippen molar-refractivity contribution in [3.05, 3.63) is 29.8 Å². The lowest BCUT2D eigenvalue weighted by molar-refractivity contribution is -0.129. The van der Waals surface area contributed by atoms with Crippen LogP contribution in [-0.4, -0.2) is 30.5 Å². The number of ether oxygens (including phenoxy) is 1. The van der Waals surface area contributed by atoms with E-state index in [0.717, 1.165) is 11.3 Å². The van der Waals surface area contributed by atoms with Crippen LogP contribution < -0.4 is 15.4 Å². The van der Waals surface area contributed by atoms with Gasteiger partial charge in [0, 0.05) is 11.5 Å². The molecule has 1 aromatic rings. The molecule has 0 aromatic heterocycles. The second-order valence-corrected chi connectivity index (χ2v) is 6.66. The van der Waals surface area contributed by atoms with Crippen LogP contribution in [-0.2, 0) is 16.0 Å². The van der Waals surface area contributed by atoms with Crippen LogP contribution in [0.5, 0.6) is 5.75 Å². The van der Waals surface area contributed by atoms with Crippen molar-refractivity contribution in [1.29, 1.82) is 0 Å². The first kappa shape index (κ1) is 16.3. The fraction of sp³-hybridized carbons (Fsp3) is 0.529. The molecule has 120 valence electrons. The maximum atomic E-state index is 12.3. The number of benzene rings is 1. The third kappa shape index (κ3) is 4.76. The average molecular weight is 304 g/mol. The van der Waals surface area contributed by atoms with Gasteiger partial charge in [-0.2, -0.15) is 0 Å². The number of carbonyl (C=O) groups is 2. The fourth-order valence-electron chi connectivity index (χ4n) is 2.49. The molecule has 0 radical (unpaired) electrons. The molecule has 2 N–H and O–H groups in total. The van der Waals surface area contributed by atoms with E-state index in [2.05, 4.69) is 10.6 Å². The van der Waals surface area contributed by atoms with E-state index in [9.17, 15) is 9.59 Å². The van der Waals surface area contributed by atoms with Crippen molar-refractivity contribution in [1.82, 2.24) is 10.6 Å². The Balaban J connectivity index is 1.89. The quantitative estimate of drug-likeness (QED) is 0.892. The maximum absolute atomic E-state index is 12.3. The average Bonchev–Trinajstić information content (AvgIpc) is 2.65. The van der Waals surface area contributed by atoms with Gasteiger partial charge < -0.3 is 15.4 Å². The van der Waals surface area contributed by atoms with Crippen LogP contribution in [0.15, 0.2) is 24.3 Å². The molecule has 5 heteroatoms. The number of nitrogens with one attached hydrogen (secondary N) is 2. The molecule has 22 heavy (non-hydrogen) atoms. The normalized spacial score (nSPS) is 17.7. The van der Waals surface area contributed by atoms with Gasteiger partial charge in [-0.25, -0.2) is 0 Å². The van der Waals surface area contributed by atoms with E-state index in [-0.39, 0.29) is 29.8 Å². The first-order valence-corrected chi connectivity index (χ1v) is 7.64. The summed E-state index contributed by atoms with van der Waals surface area (Å²) in [6, 6.07) is 7.77. The molecule has 2 rings (SSSR count). The molecule has 0 aliphatic carbocycles. The molecule has 1 aliphatic rings. The van der Waals surface area contributed by atoms with Crippen molar-refractivity contribution in [3.8, 4) is 5.75 Å². The van der Waals surface area contributed by atoms with Gasteiger partial charge in [0.05, 0.1) is 13.2 Å². The molecule has 0 saturated heterocycles. The van der Waals surface area contributed by atoms with Gasteiger partial charge in [-0.3, -0.25) is 9.59 Å². The van der Waals surface area contributed by atoms with Crippen LogP contribution in [0.25, 0.3) is 0 Å². The minimum atomic E-state index is -0.295. The van der Waals surface area contributed by atoms with Crippen molar-refractivity contribution in [2.45, 2.75) is 39.2 Å². The third-order valence-electron chi connectivity index (χ3n) is 3.47. The van der Waals surface area contributed by atoms with E-state index < -0.39 is 0 Å². The van der Waals surface area contributed by atoms with E-state index in [0.29, 0.717) is 19.4 Å². The highest BCUT2D eigenvalue weighted by molar-refractivity contribution is 5.86. The molecule has 0 fully saturated rings. The number of para-hydroxylation sites is 1. The number of hydrogen-bond acceptors (Lipinski definition) is 3. The molecule has 1 heterocycles. The largest absolute Gasteiger partial charge is 0.493 e. The van der Waals surface area contributed by atoms with Gasteiger partial charge in [0.25, 0.3) is 0 Å². The Labute approximate surface area is 131 Å². The lowest BCUT2D eigenvalue weighted by Gasteiger charge is -2.21. The van der Waals surface area contributed by atoms with Crippen molar-refractivity contribution in [2.24, 2.45) is 5.92 Å². The lowest BCUT2D eigenvalue weighted by Crippen LogP contribution is -2.46. The lowest BCUT2D eigenvalue weighted by atomic mass is 9.96. The summed E-state index contributed by atoms with van der Waals surface area (Å²) in [5.41, 5.74) is 0.746. The molecule has 1 unspecified atom stereocenters. The van der Waals surface area contributed by atoms with Gasteiger partial charge >= 0.3 is 0 Å². The maximum Gasteiger partial charge on any atom is 0.239 e. The summed E-state index contributed by atoms with van der Waals surface area (Å²) in [4.78, 5) is 24.0. The Morgan fingerprint density at radius 2 is 2.00 bits per heavy atom. The summed E-state index contributed by atoms with van der Waals surface area (Å²) in [7, 11) is 0. The highest BCUT2D eigenvalue weighted by atomic mass is 16.5. The van der Waals surface area contributed by atoms with Crippen molar-refractivity contribution >= 4 is 11.8 Å². The number of hydrogen-bond donors (Lipinski definition) is 2. The summed E-state index contributed by atoms with van der Waals surface area (Å²) in [6.45, 7) is 6.25. The summed E-state index contributed by atoms with van der Waals surface area (Å²) < 4.78 is 5.66. The van der Waals surface area contributed by atoms with E-state index in [1.54, 1.807) is 0 Å². The van der Waals surface area contributed by atoms with Gasteiger partial charge in [0.1, 0.15) is 5.75 Å². The van der Waals surface area contributed by atoms with Crippen LogP contribution in [0.1, 0.15) is 32.8 Å². The molecular formula is C17H24N2O3. The zero-order valence-corrected chi connectivity index (χ0v) is 13.4. The van der Waals surface area contributed by atoms with E-state index in [1.165, 1.54) is 0 Å². The Hall–Kier alpha value is -2.04. The van der Waals surface area contributed by atoms with Gasteiger partial charge in [0.15, 0.2) is 0 Å². The van der Waals surface area contributed by atoms with Crippen LogP contribution in [0.4, 0.5) is 0 Å². The molecule has 0 spiro atoms. The van der Waals surface area contributed by atoms with E-state index >= 15 is 0 Å². The molecular weight excluding hydrogens is 280 g/mol. The van der Waals surface area contributed by atoms with Gasteiger partial charge in [-0.05, 0) is 45.2 Å². The highest BCUT2D eigenvalue weighted by Gasteiger charge is 2.24. The first-order chi connectivity index (χ1) is 10.3. The molecule has 2 amide bonds. The predicted octanol–water partition coefficient (Wildman–Crippen LogP) is 1.66. The molecule has 0 bridgehead atoms. The zero-order chi connectivity index (χ0) is 16.2. The SMILES string of the molecule is CC(C)(C)NC(=O)CNC(=O)C1CCOc2ccccc2C1. The highest BCUT2D eigenvalue weighted by Crippen LogP contribution is 2.26. The standard InChI is InChI=1S/C17H24N2O3/c1-17(2,3)19-15(20)11-18-16(21)13-8-9-22-14-7-5-4-6-12(14)10-13/h4-7,13H,8-11H2,1-3H3,(H,18,21)(H,19,20). The minimum Gasteiger partial charge on any atom is -0.493 e. The van der Waals surface area contributed by atoms with E-state index in [1.807, 2.05) is 45.0 Å². The second kappa shape index (κ2) is 6.81. The van der Waals surface area contributed by atoms with Crippen LogP contribution in [0.2, 0.25) is 0 Å². The summed E-state index contributed by atoms with van der Waals surface area (Å²) in [5.74, 6) is 0.421. The number of carbonyl (C=O) groups excluding carboxylic acids is 2. The number of amides is 2. The zero-order valence-electron chi connectivity index (χ0n) is 13.4. The van der Waals surface area contributed by atoms with E-state index in [4.69, 9.17) is 4.74 Å². The Kier molecular flexibility index (Phi) is 5.06. The van der Waals surface area contributed by atoms with Crippen LogP contribution in [0.3, 0.4) is 0 Å². The summed E-state index contributed by atoms with van der Waals surface area (Å²) in [6.07, 6.45) is 1.30. The minimum absolute atomic E-state index is 0.00904. The van der Waals surface area contributed by atoms with Crippen LogP contribution in [0, 0.1) is 5.92 Å². The number of fused-ring (bicyclic) bond motifs is 1. The molecule has 5 nitrogen and oxygen atoms in total. The molecule has 0 saturated carbocycles. The van der Waals surface area contributed by atoms with Gasteiger partial charge in [-0.1, -0.05) is 18.2 Å². The third-order valence-corrected chi connectivity index (χ3v) is 3.47. The second-order valence-electron chi connectivity index (χ2n) is 6.66.